The van der Waals surface area contributed by atoms with Gasteiger partial charge in [0.05, 0.1) is 0 Å². The van der Waals surface area contributed by atoms with Gasteiger partial charge in [0.1, 0.15) is 11.0 Å². The summed E-state index contributed by atoms with van der Waals surface area (Å²) in [5, 5.41) is 0.779. The summed E-state index contributed by atoms with van der Waals surface area (Å²) in [5.74, 6) is 1.13. The van der Waals surface area contributed by atoms with Gasteiger partial charge in [-0.25, -0.2) is 4.99 Å². The predicted octanol–water partition coefficient (Wildman–Crippen LogP) is 17.2. The van der Waals surface area contributed by atoms with Gasteiger partial charge in [-0.3, -0.25) is 0 Å². The van der Waals surface area contributed by atoms with Crippen molar-refractivity contribution in [3.05, 3.63) is 11.9 Å². The maximum Gasteiger partial charge on any atom is 0.125 e. The van der Waals surface area contributed by atoms with Crippen molar-refractivity contribution in [1.29, 1.82) is 0 Å². The summed E-state index contributed by atoms with van der Waals surface area (Å²) in [7, 11) is 0. The van der Waals surface area contributed by atoms with Gasteiger partial charge in [-0.05, 0) is 51.3 Å². The van der Waals surface area contributed by atoms with Crippen LogP contribution in [0.1, 0.15) is 256 Å². The smallest absolute Gasteiger partial charge is 0.125 e. The quantitative estimate of drug-likeness (QED) is 0.0868. The Morgan fingerprint density at radius 1 is 0.529 bits per heavy atom. The first kappa shape index (κ1) is 57.2. The van der Waals surface area contributed by atoms with E-state index in [4.69, 9.17) is 11.6 Å². The molecule has 1 saturated heterocycles. The Morgan fingerprint density at radius 3 is 1.24 bits per heavy atom. The molecular weight excluding hydrogens is 642 g/mol. The largest absolute Gasteiger partial charge is 0.357 e. The highest BCUT2D eigenvalue weighted by molar-refractivity contribution is 6.65. The second kappa shape index (κ2) is 51.6. The number of piperidine rings is 1. The molecule has 0 radical (unpaired) electrons. The van der Waals surface area contributed by atoms with Crippen molar-refractivity contribution in [2.75, 3.05) is 26.2 Å². The number of halogens is 1. The second-order valence-electron chi connectivity index (χ2n) is 13.9. The Bertz CT molecular complexity index is 646. The van der Waals surface area contributed by atoms with Gasteiger partial charge in [-0.1, -0.05) is 230 Å². The molecule has 2 rings (SSSR count). The summed E-state index contributed by atoms with van der Waals surface area (Å²) >= 11 is 6.19. The third kappa shape index (κ3) is 40.5. The van der Waals surface area contributed by atoms with Crippen LogP contribution in [0, 0.1) is 0 Å². The average Bonchev–Trinajstić information content (AvgIpc) is 3.19. The van der Waals surface area contributed by atoms with Crippen LogP contribution in [-0.2, 0) is 0 Å². The van der Waals surface area contributed by atoms with Gasteiger partial charge in [0, 0.05) is 25.6 Å². The highest BCUT2D eigenvalue weighted by Crippen LogP contribution is 2.24. The van der Waals surface area contributed by atoms with Crippen molar-refractivity contribution in [1.82, 2.24) is 9.80 Å². The number of hydrogen-bond acceptors (Lipinski definition) is 3. The van der Waals surface area contributed by atoms with Crippen molar-refractivity contribution < 1.29 is 0 Å². The van der Waals surface area contributed by atoms with E-state index in [2.05, 4.69) is 62.4 Å². The van der Waals surface area contributed by atoms with Crippen molar-refractivity contribution in [2.24, 2.45) is 4.99 Å². The third-order valence-corrected chi connectivity index (χ3v) is 9.80. The molecule has 0 aromatic rings. The number of rotatable bonds is 25. The second-order valence-corrected chi connectivity index (χ2v) is 14.3. The van der Waals surface area contributed by atoms with Crippen LogP contribution in [0.5, 0.6) is 0 Å². The zero-order valence-electron chi connectivity index (χ0n) is 37.8. The van der Waals surface area contributed by atoms with Gasteiger partial charge in [-0.2, -0.15) is 0 Å². The lowest BCUT2D eigenvalue weighted by atomic mass is 10.0. The molecule has 0 bridgehead atoms. The van der Waals surface area contributed by atoms with E-state index >= 15 is 0 Å². The number of likely N-dealkylation sites (tertiary alicyclic amines) is 1. The fourth-order valence-corrected chi connectivity index (χ4v) is 6.43. The van der Waals surface area contributed by atoms with Gasteiger partial charge in [0.15, 0.2) is 0 Å². The van der Waals surface area contributed by atoms with Gasteiger partial charge in [0.25, 0.3) is 0 Å². The van der Waals surface area contributed by atoms with Gasteiger partial charge in [0.2, 0.25) is 0 Å². The molecule has 0 atom stereocenters. The van der Waals surface area contributed by atoms with E-state index in [0.717, 1.165) is 43.0 Å². The molecule has 0 aromatic heterocycles. The molecule has 0 saturated carbocycles. The van der Waals surface area contributed by atoms with Crippen LogP contribution >= 0.6 is 11.6 Å². The molecule has 0 unspecified atom stereocenters. The SMILES string of the molecule is CC.CC.CC.CCCC.CCCCCCCC.CCCCCCCCCCCCCCCN(CCCC)C1CCN(C2=CCCC(Cl)=N2)CC1. The van der Waals surface area contributed by atoms with Crippen molar-refractivity contribution in [3.8, 4) is 0 Å². The Kier molecular flexibility index (Phi) is 57.8. The van der Waals surface area contributed by atoms with Crippen LogP contribution < -0.4 is 0 Å². The summed E-state index contributed by atoms with van der Waals surface area (Å²) in [6, 6.07) is 0.758. The molecule has 310 valence electrons. The van der Waals surface area contributed by atoms with Gasteiger partial charge >= 0.3 is 0 Å². The van der Waals surface area contributed by atoms with E-state index in [0.29, 0.717) is 0 Å². The van der Waals surface area contributed by atoms with Crippen LogP contribution in [0.3, 0.4) is 0 Å². The molecule has 0 amide bonds. The van der Waals surface area contributed by atoms with E-state index in [9.17, 15) is 0 Å². The summed E-state index contributed by atoms with van der Waals surface area (Å²) in [4.78, 5) is 9.88. The zero-order chi connectivity index (χ0) is 39.2. The average molecular weight is 743 g/mol. The van der Waals surface area contributed by atoms with Crippen LogP contribution in [0.2, 0.25) is 0 Å². The van der Waals surface area contributed by atoms with E-state index in [1.165, 1.54) is 174 Å². The van der Waals surface area contributed by atoms with E-state index in [1.54, 1.807) is 0 Å². The summed E-state index contributed by atoms with van der Waals surface area (Å²) < 4.78 is 0. The molecule has 0 spiro atoms. The number of allylic oxidation sites excluding steroid dienone is 1. The van der Waals surface area contributed by atoms with Crippen molar-refractivity contribution in [3.63, 3.8) is 0 Å². The van der Waals surface area contributed by atoms with Crippen molar-refractivity contribution in [2.45, 2.75) is 262 Å². The molecule has 4 heteroatoms. The van der Waals surface area contributed by atoms with Gasteiger partial charge in [-0.15, -0.1) is 0 Å². The minimum Gasteiger partial charge on any atom is -0.357 e. The first-order valence-corrected chi connectivity index (χ1v) is 23.9. The number of aliphatic imine (C=N–C) groups is 1. The van der Waals surface area contributed by atoms with E-state index in [1.807, 2.05) is 41.5 Å². The Balaban J connectivity index is -0.000000512. The molecule has 3 nitrogen and oxygen atoms in total. The Morgan fingerprint density at radius 2 is 0.882 bits per heavy atom. The lowest BCUT2D eigenvalue weighted by molar-refractivity contribution is 0.119. The molecule has 1 fully saturated rings. The van der Waals surface area contributed by atoms with Gasteiger partial charge < -0.3 is 9.80 Å². The fraction of sp³-hybridized carbons (Fsp3) is 0.936. The third-order valence-electron chi connectivity index (χ3n) is 9.52. The lowest BCUT2D eigenvalue weighted by Gasteiger charge is -2.40. The van der Waals surface area contributed by atoms with Crippen LogP contribution in [-0.4, -0.2) is 47.2 Å². The molecule has 0 aliphatic carbocycles. The highest BCUT2D eigenvalue weighted by Gasteiger charge is 2.25. The van der Waals surface area contributed by atoms with Crippen LogP contribution in [0.25, 0.3) is 0 Å². The molecule has 2 aliphatic rings. The maximum atomic E-state index is 6.19. The maximum absolute atomic E-state index is 6.19. The Hall–Kier alpha value is -0.540. The summed E-state index contributed by atoms with van der Waals surface area (Å²) in [6.45, 7) is 30.3. The highest BCUT2D eigenvalue weighted by atomic mass is 35.5. The van der Waals surface area contributed by atoms with Crippen molar-refractivity contribution >= 4 is 16.8 Å². The predicted molar refractivity (Wildman–Crippen MR) is 241 cm³/mol. The summed E-state index contributed by atoms with van der Waals surface area (Å²) in [6.07, 6.45) is 39.2. The number of hydrogen-bond donors (Lipinski definition) is 0. The van der Waals surface area contributed by atoms with Crippen LogP contribution in [0.15, 0.2) is 16.9 Å². The first-order chi connectivity index (χ1) is 25.1. The number of unbranched alkanes of at least 4 members (excludes halogenated alkanes) is 19. The normalized spacial score (nSPS) is 13.8. The molecule has 2 heterocycles. The molecule has 0 aromatic carbocycles. The standard InChI is InChI=1S/C29H54ClN3.C8H18.C4H10.3C2H6/c1-3-5-7-8-9-10-11-12-13-14-15-16-17-24-32(23-6-4-2)27-21-25-33(26-22-27)29-20-18-19-28(30)31-29;1-3-5-7-8-6-4-2;1-3-4-2;3*1-2/h20,27H,3-19,21-26H2,1-2H3;3-8H2,1-2H3;3-4H2,1-2H3;3*1-2H3. The zero-order valence-corrected chi connectivity index (χ0v) is 38.6. The minimum atomic E-state index is 0.758. The van der Waals surface area contributed by atoms with E-state index < -0.39 is 0 Å². The Labute approximate surface area is 331 Å². The topological polar surface area (TPSA) is 18.8 Å². The molecule has 0 N–H and O–H groups in total. The number of nitrogens with zero attached hydrogens (tertiary/aromatic N) is 3. The minimum absolute atomic E-state index is 0.758. The molecular formula is C47H100ClN3. The molecule has 51 heavy (non-hydrogen) atoms. The first-order valence-electron chi connectivity index (χ1n) is 23.5. The fourth-order valence-electron chi connectivity index (χ4n) is 6.23. The monoisotopic (exact) mass is 742 g/mol. The summed E-state index contributed by atoms with van der Waals surface area (Å²) in [5.41, 5.74) is 0. The van der Waals surface area contributed by atoms with E-state index in [-0.39, 0.29) is 0 Å². The van der Waals surface area contributed by atoms with Crippen LogP contribution in [0.4, 0.5) is 0 Å². The molecule has 2 aliphatic heterocycles. The lowest BCUT2D eigenvalue weighted by Crippen LogP contribution is -2.45.